The van der Waals surface area contributed by atoms with Crippen LogP contribution in [-0.2, 0) is 0 Å². The molecule has 2 N–H and O–H groups in total. The minimum atomic E-state index is 0.287. The lowest BCUT2D eigenvalue weighted by Gasteiger charge is -2.11. The molecular formula is C15H15N5O2S. The Morgan fingerprint density at radius 1 is 1.00 bits per heavy atom. The minimum absolute atomic E-state index is 0.287. The molecule has 0 unspecified atom stereocenters. The lowest BCUT2D eigenvalue weighted by molar-refractivity contribution is 0.355. The fourth-order valence-electron chi connectivity index (χ4n) is 2.25. The quantitative estimate of drug-likeness (QED) is 0.712. The molecule has 0 aliphatic rings. The van der Waals surface area contributed by atoms with E-state index in [1.54, 1.807) is 33.3 Å². The lowest BCUT2D eigenvalue weighted by atomic mass is 10.1. The van der Waals surface area contributed by atoms with Crippen LogP contribution in [0.3, 0.4) is 0 Å². The van der Waals surface area contributed by atoms with E-state index in [0.717, 1.165) is 5.56 Å². The summed E-state index contributed by atoms with van der Waals surface area (Å²) in [7, 11) is 3.15. The average molecular weight is 329 g/mol. The molecule has 8 heteroatoms. The molecular weight excluding hydrogens is 314 g/mol. The van der Waals surface area contributed by atoms with Crippen LogP contribution in [0.5, 0.6) is 11.5 Å². The highest BCUT2D eigenvalue weighted by molar-refractivity contribution is 7.80. The molecule has 0 aliphatic carbocycles. The first-order valence-corrected chi connectivity index (χ1v) is 7.21. The third kappa shape index (κ3) is 2.72. The van der Waals surface area contributed by atoms with E-state index in [-0.39, 0.29) is 5.82 Å². The highest BCUT2D eigenvalue weighted by Crippen LogP contribution is 2.34. The van der Waals surface area contributed by atoms with E-state index >= 15 is 0 Å². The zero-order chi connectivity index (χ0) is 16.6. The summed E-state index contributed by atoms with van der Waals surface area (Å²) < 4.78 is 10.6. The number of aromatic nitrogens is 4. The Bertz CT molecular complexity index is 901. The van der Waals surface area contributed by atoms with Gasteiger partial charge in [-0.3, -0.25) is 0 Å². The second kappa shape index (κ2) is 5.88. The predicted octanol–water partition coefficient (Wildman–Crippen LogP) is 2.28. The van der Waals surface area contributed by atoms with Crippen LogP contribution in [0.2, 0.25) is 0 Å². The topological polar surface area (TPSA) is 96.0 Å². The zero-order valence-electron chi connectivity index (χ0n) is 12.9. The number of hydrogen-bond acceptors (Lipinski definition) is 8. The summed E-state index contributed by atoms with van der Waals surface area (Å²) in [4.78, 5) is 17.3. The van der Waals surface area contributed by atoms with Crippen molar-refractivity contribution >= 4 is 29.6 Å². The van der Waals surface area contributed by atoms with Gasteiger partial charge in [0.25, 0.3) is 0 Å². The van der Waals surface area contributed by atoms with Crippen LogP contribution < -0.4 is 15.2 Å². The number of methoxy groups -OCH3 is 2. The van der Waals surface area contributed by atoms with Crippen LogP contribution in [0, 0.1) is 6.92 Å². The van der Waals surface area contributed by atoms with Gasteiger partial charge in [-0.1, -0.05) is 0 Å². The van der Waals surface area contributed by atoms with E-state index in [4.69, 9.17) is 15.2 Å². The van der Waals surface area contributed by atoms with Gasteiger partial charge in [-0.2, -0.15) is 0 Å². The van der Waals surface area contributed by atoms with Crippen LogP contribution in [0.15, 0.2) is 23.2 Å². The number of fused-ring (bicyclic) bond motifs is 1. The number of ether oxygens (including phenoxy) is 2. The normalized spacial score (nSPS) is 10.8. The number of aryl methyl sites for hydroxylation is 1. The molecule has 0 aliphatic heterocycles. The Labute approximate surface area is 138 Å². The summed E-state index contributed by atoms with van der Waals surface area (Å²) >= 11 is 4.42. The molecule has 0 atom stereocenters. The number of rotatable bonds is 3. The number of nitrogen functional groups attached to an aromatic ring is 1. The molecule has 3 rings (SSSR count). The molecule has 0 bridgehead atoms. The number of nitrogens with zero attached hydrogens (tertiary/aromatic N) is 4. The van der Waals surface area contributed by atoms with Crippen molar-refractivity contribution in [2.45, 2.75) is 11.9 Å². The van der Waals surface area contributed by atoms with Crippen LogP contribution in [0.25, 0.3) is 22.4 Å². The van der Waals surface area contributed by atoms with Gasteiger partial charge in [-0.25, -0.2) is 19.9 Å². The third-order valence-corrected chi connectivity index (χ3v) is 3.62. The summed E-state index contributed by atoms with van der Waals surface area (Å²) in [6.07, 6.45) is 0. The molecule has 3 aromatic rings. The predicted molar refractivity (Wildman–Crippen MR) is 90.1 cm³/mol. The second-order valence-corrected chi connectivity index (χ2v) is 5.22. The summed E-state index contributed by atoms with van der Waals surface area (Å²) in [6.45, 7) is 1.75. The monoisotopic (exact) mass is 329 g/mol. The van der Waals surface area contributed by atoms with Gasteiger partial charge in [-0.05, 0) is 25.1 Å². The highest BCUT2D eigenvalue weighted by Gasteiger charge is 2.14. The van der Waals surface area contributed by atoms with Gasteiger partial charge in [0.1, 0.15) is 16.5 Å². The molecule has 2 heterocycles. The molecule has 118 valence electrons. The third-order valence-electron chi connectivity index (χ3n) is 3.31. The van der Waals surface area contributed by atoms with E-state index in [2.05, 4.69) is 32.6 Å². The summed E-state index contributed by atoms with van der Waals surface area (Å²) in [5.74, 6) is 2.04. The SMILES string of the molecule is COc1ccc(-c2nc3c(N)nc(C)nc3nc2S)cc1OC. The maximum absolute atomic E-state index is 5.93. The fraction of sp³-hybridized carbons (Fsp3) is 0.200. The van der Waals surface area contributed by atoms with Gasteiger partial charge in [0, 0.05) is 5.56 Å². The Morgan fingerprint density at radius 2 is 1.74 bits per heavy atom. The van der Waals surface area contributed by atoms with Crippen molar-refractivity contribution in [2.75, 3.05) is 20.0 Å². The molecule has 0 amide bonds. The van der Waals surface area contributed by atoms with E-state index in [1.807, 2.05) is 6.07 Å². The van der Waals surface area contributed by atoms with Crippen molar-refractivity contribution in [1.82, 2.24) is 19.9 Å². The van der Waals surface area contributed by atoms with Crippen molar-refractivity contribution in [3.63, 3.8) is 0 Å². The van der Waals surface area contributed by atoms with Crippen LogP contribution in [-0.4, -0.2) is 34.2 Å². The standard InChI is InChI=1S/C15H15N5O2S/c1-7-17-13(16)12-14(18-7)20-15(23)11(19-12)8-4-5-9(21-2)10(6-8)22-3/h4-6H,1-3H3,(H3,16,17,18,20,23). The Kier molecular flexibility index (Phi) is 3.91. The molecule has 0 saturated carbocycles. The van der Waals surface area contributed by atoms with Crippen LogP contribution in [0.1, 0.15) is 5.82 Å². The van der Waals surface area contributed by atoms with Crippen molar-refractivity contribution in [3.8, 4) is 22.8 Å². The first-order chi connectivity index (χ1) is 11.0. The van der Waals surface area contributed by atoms with Gasteiger partial charge in [-0.15, -0.1) is 12.6 Å². The zero-order valence-corrected chi connectivity index (χ0v) is 13.8. The number of nitrogens with two attached hydrogens (primary N) is 1. The summed E-state index contributed by atoms with van der Waals surface area (Å²) in [5, 5.41) is 0.446. The largest absolute Gasteiger partial charge is 0.493 e. The molecule has 0 spiro atoms. The van der Waals surface area contributed by atoms with Crippen LogP contribution in [0.4, 0.5) is 5.82 Å². The van der Waals surface area contributed by atoms with Crippen molar-refractivity contribution in [3.05, 3.63) is 24.0 Å². The Hall–Kier alpha value is -2.61. The maximum atomic E-state index is 5.93. The first-order valence-electron chi connectivity index (χ1n) is 6.76. The molecule has 1 aromatic carbocycles. The second-order valence-electron chi connectivity index (χ2n) is 4.79. The number of anilines is 1. The van der Waals surface area contributed by atoms with Gasteiger partial charge >= 0.3 is 0 Å². The summed E-state index contributed by atoms with van der Waals surface area (Å²) in [5.41, 5.74) is 8.15. The lowest BCUT2D eigenvalue weighted by Crippen LogP contribution is -2.02. The van der Waals surface area contributed by atoms with Crippen LogP contribution >= 0.6 is 12.6 Å². The smallest absolute Gasteiger partial charge is 0.184 e. The Balaban J connectivity index is 2.22. The number of thiol groups is 1. The summed E-state index contributed by atoms with van der Waals surface area (Å²) in [6, 6.07) is 5.45. The molecule has 23 heavy (non-hydrogen) atoms. The van der Waals surface area contributed by atoms with Gasteiger partial charge in [0.15, 0.2) is 28.5 Å². The molecule has 0 fully saturated rings. The van der Waals surface area contributed by atoms with E-state index in [9.17, 15) is 0 Å². The Morgan fingerprint density at radius 3 is 2.43 bits per heavy atom. The molecule has 2 aromatic heterocycles. The van der Waals surface area contributed by atoms with E-state index in [0.29, 0.717) is 39.2 Å². The van der Waals surface area contributed by atoms with Gasteiger partial charge in [0.05, 0.1) is 14.2 Å². The fourth-order valence-corrected chi connectivity index (χ4v) is 2.52. The van der Waals surface area contributed by atoms with Gasteiger partial charge < -0.3 is 15.2 Å². The van der Waals surface area contributed by atoms with Crippen molar-refractivity contribution in [2.24, 2.45) is 0 Å². The number of benzene rings is 1. The highest BCUT2D eigenvalue weighted by atomic mass is 32.1. The van der Waals surface area contributed by atoms with Gasteiger partial charge in [0.2, 0.25) is 0 Å². The molecule has 0 radical (unpaired) electrons. The average Bonchev–Trinajstić information content (AvgIpc) is 2.53. The first kappa shape index (κ1) is 15.3. The number of hydrogen-bond donors (Lipinski definition) is 2. The van der Waals surface area contributed by atoms with E-state index in [1.165, 1.54) is 0 Å². The van der Waals surface area contributed by atoms with Crippen molar-refractivity contribution < 1.29 is 9.47 Å². The van der Waals surface area contributed by atoms with E-state index < -0.39 is 0 Å². The minimum Gasteiger partial charge on any atom is -0.493 e. The maximum Gasteiger partial charge on any atom is 0.184 e. The van der Waals surface area contributed by atoms with Crippen molar-refractivity contribution in [1.29, 1.82) is 0 Å². The molecule has 0 saturated heterocycles. The molecule has 7 nitrogen and oxygen atoms in total.